The van der Waals surface area contributed by atoms with Crippen molar-refractivity contribution in [3.05, 3.63) is 5.82 Å². The molecular formula is C9H17N7. The summed E-state index contributed by atoms with van der Waals surface area (Å²) < 4.78 is 0. The fraction of sp³-hybridized carbons (Fsp3) is 0.667. The number of hydrogen-bond donors (Lipinski definition) is 3. The zero-order valence-corrected chi connectivity index (χ0v) is 9.35. The lowest BCUT2D eigenvalue weighted by molar-refractivity contribution is 0.195. The molecule has 0 aromatic carbocycles. The van der Waals surface area contributed by atoms with Gasteiger partial charge in [0, 0.05) is 25.7 Å². The molecule has 2 rings (SSSR count). The Morgan fingerprint density at radius 1 is 1.31 bits per heavy atom. The van der Waals surface area contributed by atoms with Gasteiger partial charge in [0.15, 0.2) is 0 Å². The predicted molar refractivity (Wildman–Crippen MR) is 61.4 cm³/mol. The number of piperazine rings is 1. The minimum absolute atomic E-state index is 0.186. The van der Waals surface area contributed by atoms with Gasteiger partial charge in [0.1, 0.15) is 5.82 Å². The molecule has 88 valence electrons. The fourth-order valence-electron chi connectivity index (χ4n) is 1.88. The molecule has 0 bridgehead atoms. The van der Waals surface area contributed by atoms with E-state index in [0.29, 0.717) is 18.4 Å². The molecule has 0 aliphatic carbocycles. The Kier molecular flexibility index (Phi) is 3.16. The first-order valence-corrected chi connectivity index (χ1v) is 5.35. The minimum Gasteiger partial charge on any atom is -0.368 e. The molecule has 0 amide bonds. The van der Waals surface area contributed by atoms with E-state index in [1.54, 1.807) is 0 Å². The third kappa shape index (κ3) is 2.77. The maximum Gasteiger partial charge on any atom is 0.225 e. The lowest BCUT2D eigenvalue weighted by atomic mass is 10.2. The van der Waals surface area contributed by atoms with E-state index in [-0.39, 0.29) is 11.9 Å². The highest BCUT2D eigenvalue weighted by Crippen LogP contribution is 2.05. The first-order chi connectivity index (χ1) is 7.63. The van der Waals surface area contributed by atoms with Crippen LogP contribution in [0.3, 0.4) is 0 Å². The highest BCUT2D eigenvalue weighted by molar-refractivity contribution is 5.25. The molecule has 0 radical (unpaired) electrons. The van der Waals surface area contributed by atoms with Gasteiger partial charge >= 0.3 is 0 Å². The van der Waals surface area contributed by atoms with E-state index in [9.17, 15) is 0 Å². The second-order valence-electron chi connectivity index (χ2n) is 4.06. The Balaban J connectivity index is 2.02. The molecule has 16 heavy (non-hydrogen) atoms. The maximum absolute atomic E-state index is 5.52. The molecule has 1 atom stereocenters. The van der Waals surface area contributed by atoms with Crippen LogP contribution in [0.2, 0.25) is 0 Å². The molecule has 1 aliphatic heterocycles. The molecule has 1 aromatic heterocycles. The van der Waals surface area contributed by atoms with Crippen molar-refractivity contribution in [2.24, 2.45) is 0 Å². The summed E-state index contributed by atoms with van der Waals surface area (Å²) >= 11 is 0. The number of rotatable bonds is 2. The van der Waals surface area contributed by atoms with Gasteiger partial charge < -0.3 is 16.8 Å². The number of nitrogens with one attached hydrogen (secondary N) is 1. The lowest BCUT2D eigenvalue weighted by Crippen LogP contribution is -2.48. The molecule has 0 unspecified atom stereocenters. The zero-order chi connectivity index (χ0) is 11.5. The monoisotopic (exact) mass is 223 g/mol. The molecule has 1 aliphatic rings. The van der Waals surface area contributed by atoms with Gasteiger partial charge in [-0.2, -0.15) is 15.0 Å². The first-order valence-electron chi connectivity index (χ1n) is 5.35. The third-order valence-electron chi connectivity index (χ3n) is 2.53. The van der Waals surface area contributed by atoms with Crippen molar-refractivity contribution in [2.75, 3.05) is 31.1 Å². The number of nitrogens with two attached hydrogens (primary N) is 2. The second kappa shape index (κ2) is 4.58. The molecule has 1 saturated heterocycles. The second-order valence-corrected chi connectivity index (χ2v) is 4.06. The van der Waals surface area contributed by atoms with Crippen LogP contribution < -0.4 is 16.8 Å². The minimum atomic E-state index is 0.186. The number of nitrogens with zero attached hydrogens (tertiary/aromatic N) is 4. The van der Waals surface area contributed by atoms with Crippen molar-refractivity contribution in [3.63, 3.8) is 0 Å². The number of aromatic nitrogens is 3. The van der Waals surface area contributed by atoms with Crippen molar-refractivity contribution in [2.45, 2.75) is 19.5 Å². The zero-order valence-electron chi connectivity index (χ0n) is 9.35. The van der Waals surface area contributed by atoms with Gasteiger partial charge in [0.25, 0.3) is 0 Å². The predicted octanol–water partition coefficient (Wildman–Crippen LogP) is -1.17. The van der Waals surface area contributed by atoms with Crippen LogP contribution in [0, 0.1) is 0 Å². The normalized spacial score (nSPS) is 22.2. The van der Waals surface area contributed by atoms with Crippen LogP contribution in [-0.2, 0) is 6.54 Å². The summed E-state index contributed by atoms with van der Waals surface area (Å²) in [7, 11) is 0. The Hall–Kier alpha value is -1.47. The third-order valence-corrected chi connectivity index (χ3v) is 2.53. The Morgan fingerprint density at radius 3 is 2.62 bits per heavy atom. The molecule has 2 heterocycles. The molecule has 1 aromatic rings. The average molecular weight is 223 g/mol. The highest BCUT2D eigenvalue weighted by atomic mass is 15.2. The quantitative estimate of drug-likeness (QED) is 0.580. The smallest absolute Gasteiger partial charge is 0.225 e. The van der Waals surface area contributed by atoms with Gasteiger partial charge in [0.2, 0.25) is 11.9 Å². The molecular weight excluding hydrogens is 206 g/mol. The van der Waals surface area contributed by atoms with E-state index in [4.69, 9.17) is 11.5 Å². The van der Waals surface area contributed by atoms with Crippen LogP contribution in [0.5, 0.6) is 0 Å². The average Bonchev–Trinajstić information content (AvgIpc) is 2.15. The Morgan fingerprint density at radius 2 is 2.00 bits per heavy atom. The largest absolute Gasteiger partial charge is 0.368 e. The van der Waals surface area contributed by atoms with Gasteiger partial charge in [-0.25, -0.2) is 0 Å². The van der Waals surface area contributed by atoms with Gasteiger partial charge in [0.05, 0.1) is 6.54 Å². The summed E-state index contributed by atoms with van der Waals surface area (Å²) in [5.74, 6) is 1.01. The standard InChI is InChI=1S/C9H17N7/c1-6-4-16(3-2-12-6)5-7-13-8(10)15-9(11)14-7/h6,12H,2-5H2,1H3,(H4,10,11,13,14,15)/t6-/m0/s1. The summed E-state index contributed by atoms with van der Waals surface area (Å²) in [5.41, 5.74) is 11.0. The summed E-state index contributed by atoms with van der Waals surface area (Å²) in [6, 6.07) is 0.491. The Labute approximate surface area is 94.3 Å². The maximum atomic E-state index is 5.52. The summed E-state index contributed by atoms with van der Waals surface area (Å²) in [6.45, 7) is 5.77. The molecule has 7 heteroatoms. The van der Waals surface area contributed by atoms with Crippen molar-refractivity contribution < 1.29 is 0 Å². The van der Waals surface area contributed by atoms with E-state index in [1.807, 2.05) is 0 Å². The van der Waals surface area contributed by atoms with Crippen molar-refractivity contribution in [3.8, 4) is 0 Å². The number of hydrogen-bond acceptors (Lipinski definition) is 7. The first kappa shape index (κ1) is 11.0. The van der Waals surface area contributed by atoms with Crippen molar-refractivity contribution in [1.29, 1.82) is 0 Å². The molecule has 1 fully saturated rings. The van der Waals surface area contributed by atoms with Gasteiger partial charge in [-0.05, 0) is 6.92 Å². The topological polar surface area (TPSA) is 106 Å². The van der Waals surface area contributed by atoms with Crippen molar-refractivity contribution in [1.82, 2.24) is 25.2 Å². The van der Waals surface area contributed by atoms with Crippen LogP contribution in [0.15, 0.2) is 0 Å². The fourth-order valence-corrected chi connectivity index (χ4v) is 1.88. The van der Waals surface area contributed by atoms with Crippen LogP contribution in [0.4, 0.5) is 11.9 Å². The van der Waals surface area contributed by atoms with Gasteiger partial charge in [-0.3, -0.25) is 4.90 Å². The van der Waals surface area contributed by atoms with Crippen LogP contribution in [0.1, 0.15) is 12.7 Å². The molecule has 0 saturated carbocycles. The highest BCUT2D eigenvalue weighted by Gasteiger charge is 2.16. The summed E-state index contributed by atoms with van der Waals surface area (Å²) in [5, 5.41) is 3.38. The summed E-state index contributed by atoms with van der Waals surface area (Å²) in [6.07, 6.45) is 0. The van der Waals surface area contributed by atoms with E-state index in [2.05, 4.69) is 32.1 Å². The van der Waals surface area contributed by atoms with Gasteiger partial charge in [-0.15, -0.1) is 0 Å². The van der Waals surface area contributed by atoms with Crippen LogP contribution in [0.25, 0.3) is 0 Å². The van der Waals surface area contributed by atoms with Gasteiger partial charge in [-0.1, -0.05) is 0 Å². The SMILES string of the molecule is C[C@H]1CN(Cc2nc(N)nc(N)n2)CCN1. The van der Waals surface area contributed by atoms with E-state index in [0.717, 1.165) is 19.6 Å². The number of nitrogen functional groups attached to an aromatic ring is 2. The summed E-state index contributed by atoms with van der Waals surface area (Å²) in [4.78, 5) is 14.2. The van der Waals surface area contributed by atoms with E-state index < -0.39 is 0 Å². The number of anilines is 2. The van der Waals surface area contributed by atoms with E-state index >= 15 is 0 Å². The van der Waals surface area contributed by atoms with Crippen molar-refractivity contribution >= 4 is 11.9 Å². The lowest BCUT2D eigenvalue weighted by Gasteiger charge is -2.31. The Bertz CT molecular complexity index is 347. The molecule has 0 spiro atoms. The molecule has 5 N–H and O–H groups in total. The van der Waals surface area contributed by atoms with E-state index in [1.165, 1.54) is 0 Å². The van der Waals surface area contributed by atoms with Crippen LogP contribution >= 0.6 is 0 Å². The van der Waals surface area contributed by atoms with Crippen LogP contribution in [-0.4, -0.2) is 45.5 Å². The molecule has 7 nitrogen and oxygen atoms in total.